The molecule has 0 aliphatic carbocycles. The van der Waals surface area contributed by atoms with Crippen LogP contribution in [0.15, 0.2) is 41.5 Å². The molecular weight excluding hydrogens is 278 g/mol. The van der Waals surface area contributed by atoms with Gasteiger partial charge in [0, 0.05) is 5.56 Å². The fourth-order valence-electron chi connectivity index (χ4n) is 2.77. The normalized spacial score (nSPS) is 15.6. The van der Waals surface area contributed by atoms with Crippen molar-refractivity contribution in [2.24, 2.45) is 5.10 Å². The zero-order chi connectivity index (χ0) is 15.4. The van der Waals surface area contributed by atoms with Gasteiger partial charge in [-0.25, -0.2) is 5.43 Å². The molecule has 22 heavy (non-hydrogen) atoms. The Morgan fingerprint density at radius 2 is 2.00 bits per heavy atom. The minimum atomic E-state index is -0.127. The van der Waals surface area contributed by atoms with E-state index in [4.69, 9.17) is 0 Å². The summed E-state index contributed by atoms with van der Waals surface area (Å²) >= 11 is 0. The highest BCUT2D eigenvalue weighted by molar-refractivity contribution is 6.02. The van der Waals surface area contributed by atoms with Gasteiger partial charge >= 0.3 is 0 Å². The van der Waals surface area contributed by atoms with Gasteiger partial charge in [0.25, 0.3) is 5.91 Å². The molecule has 0 spiro atoms. The second-order valence-electron chi connectivity index (χ2n) is 5.50. The van der Waals surface area contributed by atoms with E-state index in [-0.39, 0.29) is 11.7 Å². The molecule has 5 heteroatoms. The summed E-state index contributed by atoms with van der Waals surface area (Å²) < 4.78 is 0. The van der Waals surface area contributed by atoms with Crippen molar-refractivity contribution in [2.45, 2.75) is 12.8 Å². The Morgan fingerprint density at radius 3 is 2.82 bits per heavy atom. The van der Waals surface area contributed by atoms with Gasteiger partial charge in [-0.1, -0.05) is 30.3 Å². The molecule has 2 aromatic rings. The first-order chi connectivity index (χ1) is 10.7. The van der Waals surface area contributed by atoms with Crippen molar-refractivity contribution in [3.63, 3.8) is 0 Å². The Balaban J connectivity index is 1.69. The van der Waals surface area contributed by atoms with Crippen LogP contribution in [0, 0.1) is 0 Å². The predicted molar refractivity (Wildman–Crippen MR) is 87.0 cm³/mol. The summed E-state index contributed by atoms with van der Waals surface area (Å²) in [6.45, 7) is 2.32. The third-order valence-corrected chi connectivity index (χ3v) is 3.90. The zero-order valence-electron chi connectivity index (χ0n) is 12.3. The number of rotatable bonds is 4. The molecular formula is C17H19N3O2. The Bertz CT molecular complexity index is 706. The molecule has 1 aliphatic rings. The Kier molecular flexibility index (Phi) is 4.34. The van der Waals surface area contributed by atoms with Crippen LogP contribution >= 0.6 is 0 Å². The van der Waals surface area contributed by atoms with E-state index in [2.05, 4.69) is 15.4 Å². The van der Waals surface area contributed by atoms with E-state index in [0.717, 1.165) is 36.7 Å². The smallest absolute Gasteiger partial charge is 0.254 e. The van der Waals surface area contributed by atoms with Crippen LogP contribution in [0.25, 0.3) is 10.8 Å². The van der Waals surface area contributed by atoms with Crippen molar-refractivity contribution in [1.29, 1.82) is 0 Å². The van der Waals surface area contributed by atoms with E-state index in [9.17, 15) is 9.90 Å². The van der Waals surface area contributed by atoms with Crippen molar-refractivity contribution in [3.05, 3.63) is 42.0 Å². The summed E-state index contributed by atoms with van der Waals surface area (Å²) in [4.78, 5) is 13.9. The van der Waals surface area contributed by atoms with Crippen molar-refractivity contribution in [2.75, 3.05) is 19.6 Å². The summed E-state index contributed by atoms with van der Waals surface area (Å²) in [5.41, 5.74) is 3.14. The third kappa shape index (κ3) is 3.26. The van der Waals surface area contributed by atoms with Gasteiger partial charge in [0.15, 0.2) is 0 Å². The average Bonchev–Trinajstić information content (AvgIpc) is 3.02. The standard InChI is InChI=1S/C17H19N3O2/c21-16-8-7-13-5-1-2-6-14(13)15(16)11-18-19-17(22)12-20-9-3-4-10-20/h1-2,5-8,11,21H,3-4,9-10,12H2,(H,19,22). The number of phenols is 1. The van der Waals surface area contributed by atoms with E-state index in [1.54, 1.807) is 6.07 Å². The molecule has 5 nitrogen and oxygen atoms in total. The molecule has 0 unspecified atom stereocenters. The highest BCUT2D eigenvalue weighted by Gasteiger charge is 2.14. The van der Waals surface area contributed by atoms with Crippen LogP contribution in [0.3, 0.4) is 0 Å². The van der Waals surface area contributed by atoms with Crippen LogP contribution in [-0.4, -0.2) is 41.8 Å². The number of hydrogen-bond donors (Lipinski definition) is 2. The molecule has 0 saturated carbocycles. The number of amides is 1. The zero-order valence-corrected chi connectivity index (χ0v) is 12.3. The Hall–Kier alpha value is -2.40. The number of nitrogens with one attached hydrogen (secondary N) is 1. The molecule has 1 amide bonds. The van der Waals surface area contributed by atoms with Gasteiger partial charge in [0.2, 0.25) is 0 Å². The Labute approximate surface area is 129 Å². The minimum absolute atomic E-state index is 0.127. The van der Waals surface area contributed by atoms with Crippen LogP contribution in [0.1, 0.15) is 18.4 Å². The van der Waals surface area contributed by atoms with Gasteiger partial charge in [0.05, 0.1) is 12.8 Å². The molecule has 1 aliphatic heterocycles. The fraction of sp³-hybridized carbons (Fsp3) is 0.294. The number of likely N-dealkylation sites (tertiary alicyclic amines) is 1. The first kappa shape index (κ1) is 14.5. The quantitative estimate of drug-likeness (QED) is 0.671. The van der Waals surface area contributed by atoms with E-state index in [1.165, 1.54) is 6.21 Å². The van der Waals surface area contributed by atoms with Crippen LogP contribution in [-0.2, 0) is 4.79 Å². The number of carbonyl (C=O) groups excluding carboxylic acids is 1. The minimum Gasteiger partial charge on any atom is -0.507 e. The lowest BCUT2D eigenvalue weighted by atomic mass is 10.0. The van der Waals surface area contributed by atoms with Crippen LogP contribution in [0.2, 0.25) is 0 Å². The molecule has 114 valence electrons. The first-order valence-electron chi connectivity index (χ1n) is 7.49. The lowest BCUT2D eigenvalue weighted by Gasteiger charge is -2.12. The van der Waals surface area contributed by atoms with Crippen LogP contribution < -0.4 is 5.43 Å². The number of benzene rings is 2. The number of aromatic hydroxyl groups is 1. The number of nitrogens with zero attached hydrogens (tertiary/aromatic N) is 2. The SMILES string of the molecule is O=C(CN1CCCC1)NN=Cc1c(O)ccc2ccccc12. The monoisotopic (exact) mass is 297 g/mol. The topological polar surface area (TPSA) is 64.9 Å². The molecule has 2 aromatic carbocycles. The largest absolute Gasteiger partial charge is 0.507 e. The van der Waals surface area contributed by atoms with Crippen molar-refractivity contribution in [1.82, 2.24) is 10.3 Å². The van der Waals surface area contributed by atoms with Gasteiger partial charge in [-0.2, -0.15) is 5.10 Å². The first-order valence-corrected chi connectivity index (χ1v) is 7.49. The van der Waals surface area contributed by atoms with Gasteiger partial charge in [0.1, 0.15) is 5.75 Å². The molecule has 0 bridgehead atoms. The van der Waals surface area contributed by atoms with E-state index >= 15 is 0 Å². The van der Waals surface area contributed by atoms with Crippen LogP contribution in [0.5, 0.6) is 5.75 Å². The molecule has 0 radical (unpaired) electrons. The summed E-state index contributed by atoms with van der Waals surface area (Å²) in [5, 5.41) is 15.9. The van der Waals surface area contributed by atoms with Gasteiger partial charge < -0.3 is 5.11 Å². The molecule has 0 aromatic heterocycles. The van der Waals surface area contributed by atoms with E-state index in [0.29, 0.717) is 12.1 Å². The highest BCUT2D eigenvalue weighted by atomic mass is 16.3. The van der Waals surface area contributed by atoms with Crippen LogP contribution in [0.4, 0.5) is 0 Å². The van der Waals surface area contributed by atoms with Crippen molar-refractivity contribution in [3.8, 4) is 5.75 Å². The molecule has 0 atom stereocenters. The van der Waals surface area contributed by atoms with Crippen molar-refractivity contribution >= 4 is 22.9 Å². The maximum Gasteiger partial charge on any atom is 0.254 e. The lowest BCUT2D eigenvalue weighted by Crippen LogP contribution is -2.33. The number of phenolic OH excluding ortho intramolecular Hbond substituents is 1. The number of fused-ring (bicyclic) bond motifs is 1. The number of hydrazone groups is 1. The van der Waals surface area contributed by atoms with E-state index < -0.39 is 0 Å². The molecule has 1 saturated heterocycles. The van der Waals surface area contributed by atoms with Crippen molar-refractivity contribution < 1.29 is 9.90 Å². The van der Waals surface area contributed by atoms with E-state index in [1.807, 2.05) is 30.3 Å². The van der Waals surface area contributed by atoms with Gasteiger partial charge in [-0.05, 0) is 42.8 Å². The fourth-order valence-corrected chi connectivity index (χ4v) is 2.77. The summed E-state index contributed by atoms with van der Waals surface area (Å²) in [7, 11) is 0. The maximum atomic E-state index is 11.8. The second kappa shape index (κ2) is 6.58. The second-order valence-corrected chi connectivity index (χ2v) is 5.50. The predicted octanol–water partition coefficient (Wildman–Crippen LogP) is 2.09. The average molecular weight is 297 g/mol. The number of hydrogen-bond acceptors (Lipinski definition) is 4. The summed E-state index contributed by atoms with van der Waals surface area (Å²) in [6, 6.07) is 11.2. The number of carbonyl (C=O) groups is 1. The molecule has 2 N–H and O–H groups in total. The Morgan fingerprint density at radius 1 is 1.23 bits per heavy atom. The summed E-state index contributed by atoms with van der Waals surface area (Å²) in [5.74, 6) is 0.0223. The maximum absolute atomic E-state index is 11.8. The summed E-state index contributed by atoms with van der Waals surface area (Å²) in [6.07, 6.45) is 3.81. The highest BCUT2D eigenvalue weighted by Crippen LogP contribution is 2.25. The van der Waals surface area contributed by atoms with Gasteiger partial charge in [-0.15, -0.1) is 0 Å². The lowest BCUT2D eigenvalue weighted by molar-refractivity contribution is -0.121. The molecule has 1 fully saturated rings. The van der Waals surface area contributed by atoms with Gasteiger partial charge in [-0.3, -0.25) is 9.69 Å². The molecule has 1 heterocycles. The third-order valence-electron chi connectivity index (χ3n) is 3.90. The molecule has 3 rings (SSSR count).